The van der Waals surface area contributed by atoms with Gasteiger partial charge in [0.25, 0.3) is 0 Å². The molecular weight excluding hydrogens is 270 g/mol. The summed E-state index contributed by atoms with van der Waals surface area (Å²) < 4.78 is 0. The molecule has 1 heterocycles. The van der Waals surface area contributed by atoms with Crippen LogP contribution in [0.25, 0.3) is 10.6 Å². The zero-order chi connectivity index (χ0) is 14.4. The lowest BCUT2D eigenvalue weighted by atomic mass is 10.0. The summed E-state index contributed by atoms with van der Waals surface area (Å²) in [6, 6.07) is 9.84. The van der Waals surface area contributed by atoms with Gasteiger partial charge in [-0.1, -0.05) is 68.4 Å². The zero-order valence-corrected chi connectivity index (χ0v) is 12.6. The van der Waals surface area contributed by atoms with Gasteiger partial charge in [0.2, 0.25) is 11.0 Å². The molecule has 0 spiro atoms. The number of carbonyl (C=O) groups is 1. The summed E-state index contributed by atoms with van der Waals surface area (Å²) in [7, 11) is 0. The van der Waals surface area contributed by atoms with E-state index in [9.17, 15) is 4.79 Å². The molecule has 1 aromatic carbocycles. The van der Waals surface area contributed by atoms with Crippen molar-refractivity contribution in [2.45, 2.75) is 33.1 Å². The SMILES string of the molecule is CCCC(C)CC(=O)Nc1nnc(-c2ccccc2)s1. The first kappa shape index (κ1) is 14.7. The molecule has 0 aliphatic rings. The molecule has 2 aromatic rings. The van der Waals surface area contributed by atoms with Gasteiger partial charge in [0.1, 0.15) is 5.01 Å². The van der Waals surface area contributed by atoms with E-state index in [0.29, 0.717) is 17.5 Å². The van der Waals surface area contributed by atoms with Crippen LogP contribution < -0.4 is 5.32 Å². The molecule has 1 amide bonds. The van der Waals surface area contributed by atoms with Crippen LogP contribution in [0.1, 0.15) is 33.1 Å². The number of aromatic nitrogens is 2. The predicted molar refractivity (Wildman–Crippen MR) is 82.7 cm³/mol. The Balaban J connectivity index is 1.95. The van der Waals surface area contributed by atoms with Crippen molar-refractivity contribution in [3.63, 3.8) is 0 Å². The predicted octanol–water partition coefficient (Wildman–Crippen LogP) is 3.97. The molecule has 20 heavy (non-hydrogen) atoms. The minimum atomic E-state index is 0.0155. The average Bonchev–Trinajstić information content (AvgIpc) is 2.88. The molecule has 4 nitrogen and oxygen atoms in total. The van der Waals surface area contributed by atoms with Crippen LogP contribution in [0.4, 0.5) is 5.13 Å². The summed E-state index contributed by atoms with van der Waals surface area (Å²) in [5.41, 5.74) is 1.02. The first-order chi connectivity index (χ1) is 9.69. The highest BCUT2D eigenvalue weighted by molar-refractivity contribution is 7.18. The number of carbonyl (C=O) groups excluding carboxylic acids is 1. The highest BCUT2D eigenvalue weighted by Crippen LogP contribution is 2.26. The fraction of sp³-hybridized carbons (Fsp3) is 0.400. The molecule has 1 N–H and O–H groups in total. The van der Waals surface area contributed by atoms with Crippen molar-refractivity contribution in [3.8, 4) is 10.6 Å². The first-order valence-corrected chi connectivity index (χ1v) is 7.69. The minimum Gasteiger partial charge on any atom is -0.301 e. The maximum Gasteiger partial charge on any atom is 0.226 e. The molecule has 0 aliphatic heterocycles. The molecule has 0 saturated carbocycles. The Kier molecular flexibility index (Phi) is 5.24. The van der Waals surface area contributed by atoms with Gasteiger partial charge in [-0.3, -0.25) is 4.79 Å². The molecule has 0 bridgehead atoms. The van der Waals surface area contributed by atoms with E-state index in [0.717, 1.165) is 23.4 Å². The number of hydrogen-bond acceptors (Lipinski definition) is 4. The van der Waals surface area contributed by atoms with Crippen LogP contribution >= 0.6 is 11.3 Å². The highest BCUT2D eigenvalue weighted by atomic mass is 32.1. The molecule has 106 valence electrons. The van der Waals surface area contributed by atoms with Crippen molar-refractivity contribution in [3.05, 3.63) is 30.3 Å². The lowest BCUT2D eigenvalue weighted by molar-refractivity contribution is -0.117. The van der Waals surface area contributed by atoms with Crippen LogP contribution in [0, 0.1) is 5.92 Å². The van der Waals surface area contributed by atoms with Crippen molar-refractivity contribution < 1.29 is 4.79 Å². The van der Waals surface area contributed by atoms with E-state index in [1.165, 1.54) is 11.3 Å². The van der Waals surface area contributed by atoms with Crippen molar-refractivity contribution in [1.29, 1.82) is 0 Å². The second-order valence-electron chi connectivity index (χ2n) is 4.92. The van der Waals surface area contributed by atoms with Crippen LogP contribution in [0.2, 0.25) is 0 Å². The molecule has 1 aromatic heterocycles. The summed E-state index contributed by atoms with van der Waals surface area (Å²) in [4.78, 5) is 11.9. The van der Waals surface area contributed by atoms with Gasteiger partial charge in [-0.25, -0.2) is 0 Å². The number of benzene rings is 1. The van der Waals surface area contributed by atoms with Crippen molar-refractivity contribution in [2.75, 3.05) is 5.32 Å². The van der Waals surface area contributed by atoms with E-state index < -0.39 is 0 Å². The summed E-state index contributed by atoms with van der Waals surface area (Å²) >= 11 is 1.40. The molecule has 0 aliphatic carbocycles. The normalized spacial score (nSPS) is 12.1. The minimum absolute atomic E-state index is 0.0155. The van der Waals surface area contributed by atoms with Gasteiger partial charge in [-0.2, -0.15) is 0 Å². The number of amides is 1. The summed E-state index contributed by atoms with van der Waals surface area (Å²) in [6.45, 7) is 4.23. The molecule has 1 atom stereocenters. The van der Waals surface area contributed by atoms with Crippen molar-refractivity contribution >= 4 is 22.4 Å². The lowest BCUT2D eigenvalue weighted by Crippen LogP contribution is -2.14. The van der Waals surface area contributed by atoms with E-state index in [1.54, 1.807) is 0 Å². The molecule has 1 unspecified atom stereocenters. The van der Waals surface area contributed by atoms with E-state index in [-0.39, 0.29) is 5.91 Å². The second kappa shape index (κ2) is 7.14. The Labute approximate surface area is 123 Å². The number of rotatable bonds is 6. The molecule has 0 saturated heterocycles. The smallest absolute Gasteiger partial charge is 0.226 e. The highest BCUT2D eigenvalue weighted by Gasteiger charge is 2.12. The Hall–Kier alpha value is -1.75. The van der Waals surface area contributed by atoms with Crippen LogP contribution in [-0.2, 0) is 4.79 Å². The summed E-state index contributed by atoms with van der Waals surface area (Å²) in [6.07, 6.45) is 2.71. The Morgan fingerprint density at radius 2 is 2.05 bits per heavy atom. The Bertz CT molecular complexity index is 553. The van der Waals surface area contributed by atoms with Gasteiger partial charge in [0, 0.05) is 12.0 Å². The lowest BCUT2D eigenvalue weighted by Gasteiger charge is -2.08. The number of hydrogen-bond donors (Lipinski definition) is 1. The van der Waals surface area contributed by atoms with Crippen LogP contribution in [0.3, 0.4) is 0 Å². The van der Waals surface area contributed by atoms with Gasteiger partial charge >= 0.3 is 0 Å². The molecular formula is C15H19N3OS. The van der Waals surface area contributed by atoms with Gasteiger partial charge < -0.3 is 5.32 Å². The molecule has 5 heteroatoms. The van der Waals surface area contributed by atoms with E-state index in [4.69, 9.17) is 0 Å². The van der Waals surface area contributed by atoms with Crippen LogP contribution in [0.5, 0.6) is 0 Å². The zero-order valence-electron chi connectivity index (χ0n) is 11.8. The number of nitrogens with zero attached hydrogens (tertiary/aromatic N) is 2. The monoisotopic (exact) mass is 289 g/mol. The Morgan fingerprint density at radius 1 is 1.30 bits per heavy atom. The molecule has 0 fully saturated rings. The van der Waals surface area contributed by atoms with Gasteiger partial charge in [0.05, 0.1) is 0 Å². The van der Waals surface area contributed by atoms with Crippen molar-refractivity contribution in [2.24, 2.45) is 5.92 Å². The maximum atomic E-state index is 11.9. The first-order valence-electron chi connectivity index (χ1n) is 6.87. The van der Waals surface area contributed by atoms with Gasteiger partial charge in [0.15, 0.2) is 0 Å². The summed E-state index contributed by atoms with van der Waals surface area (Å²) in [5, 5.41) is 12.3. The van der Waals surface area contributed by atoms with Crippen molar-refractivity contribution in [1.82, 2.24) is 10.2 Å². The average molecular weight is 289 g/mol. The van der Waals surface area contributed by atoms with Crippen LogP contribution in [0.15, 0.2) is 30.3 Å². The summed E-state index contributed by atoms with van der Waals surface area (Å²) in [5.74, 6) is 0.420. The van der Waals surface area contributed by atoms with E-state index in [2.05, 4.69) is 29.4 Å². The quantitative estimate of drug-likeness (QED) is 0.875. The third-order valence-electron chi connectivity index (χ3n) is 3.01. The molecule has 2 rings (SSSR count). The molecule has 0 radical (unpaired) electrons. The largest absolute Gasteiger partial charge is 0.301 e. The number of anilines is 1. The second-order valence-corrected chi connectivity index (χ2v) is 5.90. The maximum absolute atomic E-state index is 11.9. The van der Waals surface area contributed by atoms with Gasteiger partial charge in [-0.05, 0) is 5.92 Å². The van der Waals surface area contributed by atoms with E-state index >= 15 is 0 Å². The standard InChI is InChI=1S/C15H19N3OS/c1-3-7-11(2)10-13(19)16-15-18-17-14(20-15)12-8-5-4-6-9-12/h4-6,8-9,11H,3,7,10H2,1-2H3,(H,16,18,19). The number of nitrogens with one attached hydrogen (secondary N) is 1. The fourth-order valence-corrected chi connectivity index (χ4v) is 2.82. The Morgan fingerprint density at radius 3 is 2.75 bits per heavy atom. The third kappa shape index (κ3) is 4.13. The third-order valence-corrected chi connectivity index (χ3v) is 3.90. The van der Waals surface area contributed by atoms with Crippen LogP contribution in [-0.4, -0.2) is 16.1 Å². The fourth-order valence-electron chi connectivity index (χ4n) is 2.05. The topological polar surface area (TPSA) is 54.9 Å². The van der Waals surface area contributed by atoms with E-state index in [1.807, 2.05) is 30.3 Å². The van der Waals surface area contributed by atoms with Gasteiger partial charge in [-0.15, -0.1) is 10.2 Å².